The fourth-order valence-electron chi connectivity index (χ4n) is 1.91. The highest BCUT2D eigenvalue weighted by Crippen LogP contribution is 2.21. The molecule has 3 N–H and O–H groups in total. The number of hydrogen-bond acceptors (Lipinski definition) is 4. The van der Waals surface area contributed by atoms with Crippen LogP contribution >= 0.6 is 0 Å². The summed E-state index contributed by atoms with van der Waals surface area (Å²) in [4.78, 5) is 10.9. The summed E-state index contributed by atoms with van der Waals surface area (Å²) in [5.74, 6) is -0.566. The molecular weight excluding hydrogens is 268 g/mol. The maximum absolute atomic E-state index is 10.9. The van der Waals surface area contributed by atoms with Gasteiger partial charge in [-0.1, -0.05) is 6.07 Å². The van der Waals surface area contributed by atoms with E-state index in [-0.39, 0.29) is 11.3 Å². The Morgan fingerprint density at radius 3 is 2.67 bits per heavy atom. The second-order valence-corrected chi connectivity index (χ2v) is 4.60. The first-order valence-electron chi connectivity index (χ1n) is 6.26. The van der Waals surface area contributed by atoms with Gasteiger partial charge in [-0.25, -0.2) is 4.79 Å². The average molecular weight is 282 g/mol. The number of nitriles is 1. The summed E-state index contributed by atoms with van der Waals surface area (Å²) < 4.78 is 5.61. The lowest BCUT2D eigenvalue weighted by Gasteiger charge is -2.10. The number of carboxylic acid groups (broad SMARTS) is 1. The minimum Gasteiger partial charge on any atom is -0.489 e. The van der Waals surface area contributed by atoms with E-state index in [2.05, 4.69) is 6.07 Å². The summed E-state index contributed by atoms with van der Waals surface area (Å²) in [6.45, 7) is 2.23. The molecule has 0 bridgehead atoms. The number of carboxylic acids is 1. The first-order valence-corrected chi connectivity index (χ1v) is 6.26. The molecule has 0 saturated carbocycles. The summed E-state index contributed by atoms with van der Waals surface area (Å²) >= 11 is 0. The van der Waals surface area contributed by atoms with E-state index in [4.69, 9.17) is 20.8 Å². The largest absolute Gasteiger partial charge is 0.489 e. The average Bonchev–Trinajstić information content (AvgIpc) is 2.45. The van der Waals surface area contributed by atoms with Crippen LogP contribution in [-0.2, 0) is 6.61 Å². The SMILES string of the molecule is Cc1cc(C#N)ccc1COc1ccc(C(=O)O)c(N)c1. The number of aromatic carboxylic acids is 1. The van der Waals surface area contributed by atoms with E-state index in [9.17, 15) is 4.79 Å². The Kier molecular flexibility index (Phi) is 4.10. The number of nitrogens with two attached hydrogens (primary N) is 1. The van der Waals surface area contributed by atoms with Gasteiger partial charge in [0, 0.05) is 11.8 Å². The van der Waals surface area contributed by atoms with Crippen molar-refractivity contribution in [1.29, 1.82) is 5.26 Å². The summed E-state index contributed by atoms with van der Waals surface area (Å²) in [6.07, 6.45) is 0. The molecular formula is C16H14N2O3. The first kappa shape index (κ1) is 14.4. The Bertz CT molecular complexity index is 733. The zero-order valence-corrected chi connectivity index (χ0v) is 11.5. The van der Waals surface area contributed by atoms with E-state index in [1.54, 1.807) is 18.2 Å². The second kappa shape index (κ2) is 5.97. The maximum Gasteiger partial charge on any atom is 0.337 e. The Morgan fingerprint density at radius 1 is 1.33 bits per heavy atom. The minimum absolute atomic E-state index is 0.0527. The summed E-state index contributed by atoms with van der Waals surface area (Å²) in [5, 5.41) is 17.7. The van der Waals surface area contributed by atoms with Crippen molar-refractivity contribution in [3.8, 4) is 11.8 Å². The van der Waals surface area contributed by atoms with E-state index in [0.29, 0.717) is 17.9 Å². The van der Waals surface area contributed by atoms with E-state index in [1.165, 1.54) is 12.1 Å². The molecule has 0 aliphatic heterocycles. The van der Waals surface area contributed by atoms with Crippen LogP contribution in [0.5, 0.6) is 5.75 Å². The fourth-order valence-corrected chi connectivity index (χ4v) is 1.91. The number of hydrogen-bond donors (Lipinski definition) is 2. The lowest BCUT2D eigenvalue weighted by atomic mass is 10.1. The van der Waals surface area contributed by atoms with Gasteiger partial charge in [0.15, 0.2) is 0 Å². The highest BCUT2D eigenvalue weighted by Gasteiger charge is 2.09. The molecule has 0 unspecified atom stereocenters. The van der Waals surface area contributed by atoms with Crippen LogP contribution in [0.15, 0.2) is 36.4 Å². The van der Waals surface area contributed by atoms with Gasteiger partial charge in [-0.05, 0) is 42.3 Å². The highest BCUT2D eigenvalue weighted by molar-refractivity contribution is 5.93. The predicted octanol–water partition coefficient (Wildman–Crippen LogP) is 2.73. The molecule has 21 heavy (non-hydrogen) atoms. The van der Waals surface area contributed by atoms with E-state index in [0.717, 1.165) is 11.1 Å². The number of anilines is 1. The van der Waals surface area contributed by atoms with Gasteiger partial charge < -0.3 is 15.6 Å². The van der Waals surface area contributed by atoms with Gasteiger partial charge in [0.25, 0.3) is 0 Å². The molecule has 5 heteroatoms. The monoisotopic (exact) mass is 282 g/mol. The molecule has 106 valence electrons. The normalized spacial score (nSPS) is 9.90. The third kappa shape index (κ3) is 3.31. The molecule has 0 fully saturated rings. The zero-order chi connectivity index (χ0) is 15.4. The molecule has 2 rings (SSSR count). The molecule has 0 aromatic heterocycles. The highest BCUT2D eigenvalue weighted by atomic mass is 16.5. The number of aryl methyl sites for hydroxylation is 1. The minimum atomic E-state index is -1.07. The Balaban J connectivity index is 2.12. The van der Waals surface area contributed by atoms with Crippen LogP contribution in [0.1, 0.15) is 27.0 Å². The maximum atomic E-state index is 10.9. The van der Waals surface area contributed by atoms with Crippen LogP contribution in [-0.4, -0.2) is 11.1 Å². The van der Waals surface area contributed by atoms with Gasteiger partial charge >= 0.3 is 5.97 Å². The molecule has 0 heterocycles. The zero-order valence-electron chi connectivity index (χ0n) is 11.5. The lowest BCUT2D eigenvalue weighted by molar-refractivity contribution is 0.0698. The quantitative estimate of drug-likeness (QED) is 0.840. The summed E-state index contributed by atoms with van der Waals surface area (Å²) in [6, 6.07) is 11.9. The van der Waals surface area contributed by atoms with Crippen molar-refractivity contribution < 1.29 is 14.6 Å². The van der Waals surface area contributed by atoms with Crippen LogP contribution in [0.4, 0.5) is 5.69 Å². The topological polar surface area (TPSA) is 96.3 Å². The van der Waals surface area contributed by atoms with Crippen molar-refractivity contribution in [2.24, 2.45) is 0 Å². The third-order valence-corrected chi connectivity index (χ3v) is 3.12. The van der Waals surface area contributed by atoms with Crippen molar-refractivity contribution in [1.82, 2.24) is 0 Å². The molecule has 5 nitrogen and oxygen atoms in total. The molecule has 0 aliphatic carbocycles. The van der Waals surface area contributed by atoms with Crippen molar-refractivity contribution in [2.45, 2.75) is 13.5 Å². The number of carbonyl (C=O) groups is 1. The van der Waals surface area contributed by atoms with Gasteiger partial charge in [0.2, 0.25) is 0 Å². The Labute approximate surface area is 122 Å². The van der Waals surface area contributed by atoms with Crippen molar-refractivity contribution in [3.63, 3.8) is 0 Å². The molecule has 0 aliphatic rings. The molecule has 2 aromatic carbocycles. The summed E-state index contributed by atoms with van der Waals surface area (Å²) in [5.41, 5.74) is 8.40. The number of benzene rings is 2. The molecule has 2 aromatic rings. The molecule has 0 amide bonds. The van der Waals surface area contributed by atoms with Crippen LogP contribution < -0.4 is 10.5 Å². The van der Waals surface area contributed by atoms with Gasteiger partial charge in [-0.15, -0.1) is 0 Å². The van der Waals surface area contributed by atoms with Gasteiger partial charge in [0.1, 0.15) is 12.4 Å². The van der Waals surface area contributed by atoms with Crippen LogP contribution in [0.25, 0.3) is 0 Å². The van der Waals surface area contributed by atoms with Crippen molar-refractivity contribution in [2.75, 3.05) is 5.73 Å². The van der Waals surface area contributed by atoms with Crippen LogP contribution in [0.2, 0.25) is 0 Å². The molecule has 0 saturated heterocycles. The number of ether oxygens (including phenoxy) is 1. The van der Waals surface area contributed by atoms with Gasteiger partial charge in [-0.3, -0.25) is 0 Å². The molecule has 0 radical (unpaired) electrons. The Hall–Kier alpha value is -3.00. The van der Waals surface area contributed by atoms with Crippen molar-refractivity contribution in [3.05, 3.63) is 58.7 Å². The third-order valence-electron chi connectivity index (χ3n) is 3.12. The molecule has 0 spiro atoms. The van der Waals surface area contributed by atoms with Crippen molar-refractivity contribution >= 4 is 11.7 Å². The van der Waals surface area contributed by atoms with E-state index < -0.39 is 5.97 Å². The number of nitrogens with zero attached hydrogens (tertiary/aromatic N) is 1. The Morgan fingerprint density at radius 2 is 2.10 bits per heavy atom. The van der Waals surface area contributed by atoms with Gasteiger partial charge in [0.05, 0.1) is 17.2 Å². The molecule has 0 atom stereocenters. The van der Waals surface area contributed by atoms with E-state index in [1.807, 2.05) is 13.0 Å². The lowest BCUT2D eigenvalue weighted by Crippen LogP contribution is -2.03. The van der Waals surface area contributed by atoms with Crippen LogP contribution in [0.3, 0.4) is 0 Å². The number of nitrogen functional groups attached to an aromatic ring is 1. The van der Waals surface area contributed by atoms with Gasteiger partial charge in [-0.2, -0.15) is 5.26 Å². The predicted molar refractivity (Wildman–Crippen MR) is 78.0 cm³/mol. The summed E-state index contributed by atoms with van der Waals surface area (Å²) in [7, 11) is 0. The fraction of sp³-hybridized carbons (Fsp3) is 0.125. The second-order valence-electron chi connectivity index (χ2n) is 4.60. The number of rotatable bonds is 4. The van der Waals surface area contributed by atoms with E-state index >= 15 is 0 Å². The first-order chi connectivity index (χ1) is 10.0. The smallest absolute Gasteiger partial charge is 0.337 e. The standard InChI is InChI=1S/C16H14N2O3/c1-10-6-11(8-17)2-3-12(10)9-21-13-4-5-14(16(19)20)15(18)7-13/h2-7H,9,18H2,1H3,(H,19,20). The van der Waals surface area contributed by atoms with Crippen LogP contribution in [0, 0.1) is 18.3 Å².